The van der Waals surface area contributed by atoms with Crippen LogP contribution in [0.4, 0.5) is 0 Å². The molecular formula is C14H14BrClN2O. The molecule has 2 rings (SSSR count). The van der Waals surface area contributed by atoms with Crippen molar-refractivity contribution in [1.82, 2.24) is 10.3 Å². The van der Waals surface area contributed by atoms with Gasteiger partial charge in [0, 0.05) is 34.8 Å². The first-order chi connectivity index (χ1) is 9.19. The molecule has 0 radical (unpaired) electrons. The molecule has 0 saturated carbocycles. The summed E-state index contributed by atoms with van der Waals surface area (Å²) in [6.45, 7) is 1.49. The lowest BCUT2D eigenvalue weighted by atomic mass is 10.2. The van der Waals surface area contributed by atoms with E-state index < -0.39 is 0 Å². The molecule has 1 heterocycles. The van der Waals surface area contributed by atoms with E-state index >= 15 is 0 Å². The third kappa shape index (κ3) is 4.20. The molecule has 19 heavy (non-hydrogen) atoms. The monoisotopic (exact) mass is 340 g/mol. The zero-order valence-electron chi connectivity index (χ0n) is 10.5. The Morgan fingerprint density at radius 1 is 1.26 bits per heavy atom. The minimum atomic E-state index is 0.626. The van der Waals surface area contributed by atoms with E-state index in [0.29, 0.717) is 5.88 Å². The summed E-state index contributed by atoms with van der Waals surface area (Å²) in [6, 6.07) is 9.61. The highest BCUT2D eigenvalue weighted by molar-refractivity contribution is 9.10. The maximum Gasteiger partial charge on any atom is 0.212 e. The van der Waals surface area contributed by atoms with E-state index in [1.54, 1.807) is 13.3 Å². The molecule has 1 N–H and O–H groups in total. The number of hydrogen-bond donors (Lipinski definition) is 1. The van der Waals surface area contributed by atoms with Gasteiger partial charge in [0.25, 0.3) is 0 Å². The summed E-state index contributed by atoms with van der Waals surface area (Å²) in [5.41, 5.74) is 2.24. The van der Waals surface area contributed by atoms with Gasteiger partial charge in [-0.1, -0.05) is 33.6 Å². The number of ether oxygens (including phenoxy) is 1. The zero-order chi connectivity index (χ0) is 13.7. The van der Waals surface area contributed by atoms with E-state index in [1.165, 1.54) is 0 Å². The fourth-order valence-electron chi connectivity index (χ4n) is 1.66. The van der Waals surface area contributed by atoms with Crippen LogP contribution in [0.25, 0.3) is 0 Å². The van der Waals surface area contributed by atoms with E-state index in [4.69, 9.17) is 16.3 Å². The third-order valence-corrected chi connectivity index (χ3v) is 3.67. The van der Waals surface area contributed by atoms with Crippen LogP contribution >= 0.6 is 27.5 Å². The summed E-state index contributed by atoms with van der Waals surface area (Å²) >= 11 is 9.48. The highest BCUT2D eigenvalue weighted by Crippen LogP contribution is 2.21. The summed E-state index contributed by atoms with van der Waals surface area (Å²) in [5.74, 6) is 0.626. The first-order valence-corrected chi connectivity index (χ1v) is 6.99. The first-order valence-electron chi connectivity index (χ1n) is 5.82. The number of nitrogens with zero attached hydrogens (tertiary/aromatic N) is 1. The lowest BCUT2D eigenvalue weighted by molar-refractivity contribution is 0.397. The molecule has 0 fully saturated rings. The maximum absolute atomic E-state index is 5.97. The van der Waals surface area contributed by atoms with Crippen LogP contribution in [0, 0.1) is 0 Å². The van der Waals surface area contributed by atoms with Crippen molar-refractivity contribution in [3.05, 3.63) is 57.2 Å². The first kappa shape index (κ1) is 14.3. The van der Waals surface area contributed by atoms with Crippen LogP contribution in [0.2, 0.25) is 5.02 Å². The van der Waals surface area contributed by atoms with Gasteiger partial charge in [-0.2, -0.15) is 0 Å². The average Bonchev–Trinajstić information content (AvgIpc) is 2.43. The van der Waals surface area contributed by atoms with E-state index in [1.807, 2.05) is 30.3 Å². The molecule has 0 unspecified atom stereocenters. The lowest BCUT2D eigenvalue weighted by Gasteiger charge is -2.08. The summed E-state index contributed by atoms with van der Waals surface area (Å²) in [5, 5.41) is 4.10. The molecule has 0 aliphatic heterocycles. The molecule has 0 aliphatic carbocycles. The van der Waals surface area contributed by atoms with Gasteiger partial charge < -0.3 is 10.1 Å². The van der Waals surface area contributed by atoms with Gasteiger partial charge in [0.2, 0.25) is 5.88 Å². The standard InChI is InChI=1S/C14H14BrClN2O/c1-19-14-5-2-10(8-18-14)7-17-9-11-6-12(16)3-4-13(11)15/h2-6,8,17H,7,9H2,1H3. The minimum absolute atomic E-state index is 0.626. The second kappa shape index (κ2) is 6.89. The van der Waals surface area contributed by atoms with Crippen molar-refractivity contribution in [3.63, 3.8) is 0 Å². The van der Waals surface area contributed by atoms with Crippen LogP contribution in [0.15, 0.2) is 41.0 Å². The fourth-order valence-corrected chi connectivity index (χ4v) is 2.24. The Bertz CT molecular complexity index is 546. The van der Waals surface area contributed by atoms with Gasteiger partial charge >= 0.3 is 0 Å². The van der Waals surface area contributed by atoms with Crippen molar-refractivity contribution in [2.75, 3.05) is 7.11 Å². The Kier molecular flexibility index (Phi) is 5.19. The van der Waals surface area contributed by atoms with Gasteiger partial charge in [-0.25, -0.2) is 4.98 Å². The average molecular weight is 342 g/mol. The molecule has 5 heteroatoms. The summed E-state index contributed by atoms with van der Waals surface area (Å²) in [7, 11) is 1.61. The maximum atomic E-state index is 5.97. The quantitative estimate of drug-likeness (QED) is 0.898. The summed E-state index contributed by atoms with van der Waals surface area (Å²) in [6.07, 6.45) is 1.80. The fraction of sp³-hybridized carbons (Fsp3) is 0.214. The molecule has 0 spiro atoms. The number of halogens is 2. The largest absolute Gasteiger partial charge is 0.481 e. The van der Waals surface area contributed by atoms with Crippen LogP contribution < -0.4 is 10.1 Å². The van der Waals surface area contributed by atoms with Crippen LogP contribution in [-0.4, -0.2) is 12.1 Å². The highest BCUT2D eigenvalue weighted by atomic mass is 79.9. The van der Waals surface area contributed by atoms with Crippen LogP contribution in [0.5, 0.6) is 5.88 Å². The van der Waals surface area contributed by atoms with Crippen LogP contribution in [-0.2, 0) is 13.1 Å². The summed E-state index contributed by atoms with van der Waals surface area (Å²) in [4.78, 5) is 4.16. The predicted molar refractivity (Wildman–Crippen MR) is 80.5 cm³/mol. The number of nitrogens with one attached hydrogen (secondary N) is 1. The van der Waals surface area contributed by atoms with Gasteiger partial charge in [0.1, 0.15) is 0 Å². The molecule has 1 aromatic carbocycles. The topological polar surface area (TPSA) is 34.1 Å². The van der Waals surface area contributed by atoms with Gasteiger partial charge in [0.05, 0.1) is 7.11 Å². The molecule has 100 valence electrons. The molecule has 1 aromatic heterocycles. The van der Waals surface area contributed by atoms with Gasteiger partial charge in [-0.15, -0.1) is 0 Å². The molecule has 0 bridgehead atoms. The Balaban J connectivity index is 1.90. The molecule has 0 aliphatic rings. The predicted octanol–water partition coefficient (Wildman–Crippen LogP) is 3.80. The zero-order valence-corrected chi connectivity index (χ0v) is 12.8. The third-order valence-electron chi connectivity index (χ3n) is 2.66. The van der Waals surface area contributed by atoms with Gasteiger partial charge in [-0.05, 0) is 29.3 Å². The van der Waals surface area contributed by atoms with Crippen molar-refractivity contribution >= 4 is 27.5 Å². The van der Waals surface area contributed by atoms with E-state index in [0.717, 1.165) is 33.7 Å². The second-order valence-electron chi connectivity index (χ2n) is 4.05. The van der Waals surface area contributed by atoms with E-state index in [-0.39, 0.29) is 0 Å². The van der Waals surface area contributed by atoms with Crippen molar-refractivity contribution in [1.29, 1.82) is 0 Å². The van der Waals surface area contributed by atoms with Crippen molar-refractivity contribution in [2.24, 2.45) is 0 Å². The highest BCUT2D eigenvalue weighted by Gasteiger charge is 2.01. The molecule has 0 atom stereocenters. The number of aromatic nitrogens is 1. The Morgan fingerprint density at radius 3 is 2.79 bits per heavy atom. The lowest BCUT2D eigenvalue weighted by Crippen LogP contribution is -2.13. The Labute approximate surface area is 126 Å². The van der Waals surface area contributed by atoms with Crippen molar-refractivity contribution < 1.29 is 4.74 Å². The SMILES string of the molecule is COc1ccc(CNCc2cc(Cl)ccc2Br)cn1. The number of rotatable bonds is 5. The molecular weight excluding hydrogens is 328 g/mol. The second-order valence-corrected chi connectivity index (χ2v) is 5.34. The molecule has 0 saturated heterocycles. The van der Waals surface area contributed by atoms with Crippen molar-refractivity contribution in [2.45, 2.75) is 13.1 Å². The molecule has 0 amide bonds. The van der Waals surface area contributed by atoms with Gasteiger partial charge in [-0.3, -0.25) is 0 Å². The van der Waals surface area contributed by atoms with Crippen LogP contribution in [0.1, 0.15) is 11.1 Å². The number of benzene rings is 1. The van der Waals surface area contributed by atoms with E-state index in [9.17, 15) is 0 Å². The normalized spacial score (nSPS) is 10.5. The minimum Gasteiger partial charge on any atom is -0.481 e. The molecule has 3 nitrogen and oxygen atoms in total. The summed E-state index contributed by atoms with van der Waals surface area (Å²) < 4.78 is 6.07. The Morgan fingerprint density at radius 2 is 2.11 bits per heavy atom. The Hall–Kier alpha value is -1.10. The number of pyridine rings is 1. The molecule has 2 aromatic rings. The smallest absolute Gasteiger partial charge is 0.212 e. The van der Waals surface area contributed by atoms with Gasteiger partial charge in [0.15, 0.2) is 0 Å². The van der Waals surface area contributed by atoms with Crippen molar-refractivity contribution in [3.8, 4) is 5.88 Å². The number of methoxy groups -OCH3 is 1. The number of hydrogen-bond acceptors (Lipinski definition) is 3. The van der Waals surface area contributed by atoms with Crippen LogP contribution in [0.3, 0.4) is 0 Å². The van der Waals surface area contributed by atoms with E-state index in [2.05, 4.69) is 26.2 Å².